The molecule has 0 aliphatic carbocycles. The third-order valence-electron chi connectivity index (χ3n) is 4.37. The Bertz CT molecular complexity index is 685. The first-order valence-electron chi connectivity index (χ1n) is 8.77. The smallest absolute Gasteiger partial charge is 0.161 e. The van der Waals surface area contributed by atoms with Crippen LogP contribution < -0.4 is 19.9 Å². The van der Waals surface area contributed by atoms with E-state index in [4.69, 9.17) is 19.9 Å². The first-order chi connectivity index (χ1) is 12.1. The van der Waals surface area contributed by atoms with Crippen LogP contribution >= 0.6 is 0 Å². The van der Waals surface area contributed by atoms with E-state index in [0.29, 0.717) is 13.2 Å². The second-order valence-corrected chi connectivity index (χ2v) is 6.19. The lowest BCUT2D eigenvalue weighted by Gasteiger charge is -2.19. The molecule has 0 saturated carbocycles. The first-order valence-corrected chi connectivity index (χ1v) is 8.77. The highest BCUT2D eigenvalue weighted by Gasteiger charge is 2.15. The minimum Gasteiger partial charge on any atom is -0.497 e. The van der Waals surface area contributed by atoms with E-state index >= 15 is 0 Å². The van der Waals surface area contributed by atoms with E-state index < -0.39 is 0 Å². The summed E-state index contributed by atoms with van der Waals surface area (Å²) < 4.78 is 16.5. The van der Waals surface area contributed by atoms with E-state index in [-0.39, 0.29) is 5.92 Å². The predicted molar refractivity (Wildman–Crippen MR) is 102 cm³/mol. The second kappa shape index (κ2) is 9.33. The van der Waals surface area contributed by atoms with Gasteiger partial charge < -0.3 is 19.9 Å². The normalized spacial score (nSPS) is 11.9. The summed E-state index contributed by atoms with van der Waals surface area (Å²) in [6, 6.07) is 12.3. The quantitative estimate of drug-likeness (QED) is 0.745. The second-order valence-electron chi connectivity index (χ2n) is 6.19. The zero-order valence-corrected chi connectivity index (χ0v) is 15.7. The third-order valence-corrected chi connectivity index (χ3v) is 4.37. The van der Waals surface area contributed by atoms with Gasteiger partial charge in [-0.1, -0.05) is 19.1 Å². The highest BCUT2D eigenvalue weighted by molar-refractivity contribution is 5.44. The zero-order chi connectivity index (χ0) is 18.2. The summed E-state index contributed by atoms with van der Waals surface area (Å²) in [5, 5.41) is 0. The maximum atomic E-state index is 6.08. The summed E-state index contributed by atoms with van der Waals surface area (Å²) >= 11 is 0. The molecule has 25 heavy (non-hydrogen) atoms. The summed E-state index contributed by atoms with van der Waals surface area (Å²) in [4.78, 5) is 0. The predicted octanol–water partition coefficient (Wildman–Crippen LogP) is 4.09. The van der Waals surface area contributed by atoms with Gasteiger partial charge in [-0.3, -0.25) is 0 Å². The van der Waals surface area contributed by atoms with E-state index in [2.05, 4.69) is 38.1 Å². The molecule has 0 aliphatic heterocycles. The van der Waals surface area contributed by atoms with Crippen molar-refractivity contribution in [3.05, 3.63) is 53.1 Å². The van der Waals surface area contributed by atoms with Crippen LogP contribution in [0.3, 0.4) is 0 Å². The Morgan fingerprint density at radius 1 is 1.00 bits per heavy atom. The van der Waals surface area contributed by atoms with Gasteiger partial charge in [0.15, 0.2) is 11.5 Å². The van der Waals surface area contributed by atoms with Crippen LogP contribution in [0.15, 0.2) is 36.4 Å². The Balaban J connectivity index is 2.23. The van der Waals surface area contributed by atoms with Crippen LogP contribution in [0.1, 0.15) is 36.0 Å². The van der Waals surface area contributed by atoms with Crippen molar-refractivity contribution < 1.29 is 14.2 Å². The van der Waals surface area contributed by atoms with Gasteiger partial charge in [0.25, 0.3) is 0 Å². The largest absolute Gasteiger partial charge is 0.497 e. The van der Waals surface area contributed by atoms with E-state index in [1.165, 1.54) is 16.7 Å². The molecule has 0 bridgehead atoms. The molecule has 1 unspecified atom stereocenters. The molecule has 0 fully saturated rings. The molecular weight excluding hydrogens is 314 g/mol. The standard InChI is InChI=1S/C21H29NO3/c1-5-10-25-21-13-16(6-9-20(21)24-4)12-17(14-22)19-8-7-18(23-3)11-15(19)2/h6-9,11,13,17H,5,10,12,14,22H2,1-4H3. The number of ether oxygens (including phenoxy) is 3. The topological polar surface area (TPSA) is 53.7 Å². The lowest BCUT2D eigenvalue weighted by molar-refractivity contribution is 0.294. The van der Waals surface area contributed by atoms with E-state index in [1.54, 1.807) is 14.2 Å². The molecular formula is C21H29NO3. The van der Waals surface area contributed by atoms with Gasteiger partial charge >= 0.3 is 0 Å². The molecule has 0 heterocycles. The molecule has 0 amide bonds. The van der Waals surface area contributed by atoms with Gasteiger partial charge in [0.2, 0.25) is 0 Å². The van der Waals surface area contributed by atoms with Crippen molar-refractivity contribution in [1.82, 2.24) is 0 Å². The van der Waals surface area contributed by atoms with Gasteiger partial charge in [-0.15, -0.1) is 0 Å². The molecule has 2 aromatic rings. The van der Waals surface area contributed by atoms with Gasteiger partial charge in [0.1, 0.15) is 5.75 Å². The fourth-order valence-electron chi connectivity index (χ4n) is 3.01. The minimum absolute atomic E-state index is 0.248. The van der Waals surface area contributed by atoms with Crippen LogP contribution in [0.2, 0.25) is 0 Å². The van der Waals surface area contributed by atoms with Gasteiger partial charge in [0.05, 0.1) is 20.8 Å². The lowest BCUT2D eigenvalue weighted by Crippen LogP contribution is -2.16. The van der Waals surface area contributed by atoms with Gasteiger partial charge in [-0.05, 0) is 67.3 Å². The molecule has 4 nitrogen and oxygen atoms in total. The van der Waals surface area contributed by atoms with Crippen molar-refractivity contribution in [3.63, 3.8) is 0 Å². The maximum Gasteiger partial charge on any atom is 0.161 e. The van der Waals surface area contributed by atoms with E-state index in [1.807, 2.05) is 12.1 Å². The highest BCUT2D eigenvalue weighted by Crippen LogP contribution is 2.31. The van der Waals surface area contributed by atoms with Crippen LogP contribution in [-0.2, 0) is 6.42 Å². The Morgan fingerprint density at radius 2 is 1.80 bits per heavy atom. The molecule has 2 rings (SSSR count). The SMILES string of the molecule is CCCOc1cc(CC(CN)c2ccc(OC)cc2C)ccc1OC. The van der Waals surface area contributed by atoms with Gasteiger partial charge in [-0.25, -0.2) is 0 Å². The molecule has 1 atom stereocenters. The fraction of sp³-hybridized carbons (Fsp3) is 0.429. The fourth-order valence-corrected chi connectivity index (χ4v) is 3.01. The Labute approximate surface area is 150 Å². The Morgan fingerprint density at radius 3 is 2.40 bits per heavy atom. The summed E-state index contributed by atoms with van der Waals surface area (Å²) in [5.41, 5.74) is 9.73. The number of aryl methyl sites for hydroxylation is 1. The minimum atomic E-state index is 0.248. The molecule has 2 N–H and O–H groups in total. The van der Waals surface area contributed by atoms with Crippen molar-refractivity contribution in [3.8, 4) is 17.2 Å². The van der Waals surface area contributed by atoms with Crippen LogP contribution in [-0.4, -0.2) is 27.4 Å². The maximum absolute atomic E-state index is 6.08. The lowest BCUT2D eigenvalue weighted by atomic mass is 9.89. The van der Waals surface area contributed by atoms with Crippen LogP contribution in [0.4, 0.5) is 0 Å². The number of nitrogens with two attached hydrogens (primary N) is 1. The molecule has 0 aliphatic rings. The van der Waals surface area contributed by atoms with Crippen molar-refractivity contribution in [2.45, 2.75) is 32.6 Å². The Kier molecular flexibility index (Phi) is 7.14. The van der Waals surface area contributed by atoms with E-state index in [0.717, 1.165) is 30.1 Å². The zero-order valence-electron chi connectivity index (χ0n) is 15.7. The number of methoxy groups -OCH3 is 2. The van der Waals surface area contributed by atoms with Crippen LogP contribution in [0.25, 0.3) is 0 Å². The van der Waals surface area contributed by atoms with Crippen molar-refractivity contribution in [2.24, 2.45) is 5.73 Å². The Hall–Kier alpha value is -2.20. The molecule has 4 heteroatoms. The van der Waals surface area contributed by atoms with Gasteiger partial charge in [-0.2, -0.15) is 0 Å². The summed E-state index contributed by atoms with van der Waals surface area (Å²) in [7, 11) is 3.35. The van der Waals surface area contributed by atoms with Crippen molar-refractivity contribution >= 4 is 0 Å². The molecule has 0 saturated heterocycles. The average Bonchev–Trinajstić information content (AvgIpc) is 2.64. The summed E-state index contributed by atoms with van der Waals surface area (Å²) in [6.45, 7) is 5.46. The monoisotopic (exact) mass is 343 g/mol. The number of hydrogen-bond donors (Lipinski definition) is 1. The van der Waals surface area contributed by atoms with Crippen LogP contribution in [0.5, 0.6) is 17.2 Å². The number of rotatable bonds is 9. The molecule has 0 aromatic heterocycles. The molecule has 2 aromatic carbocycles. The third kappa shape index (κ3) is 4.89. The number of benzene rings is 2. The summed E-state index contributed by atoms with van der Waals surface area (Å²) in [5.74, 6) is 2.68. The molecule has 0 spiro atoms. The van der Waals surface area contributed by atoms with E-state index in [9.17, 15) is 0 Å². The summed E-state index contributed by atoms with van der Waals surface area (Å²) in [6.07, 6.45) is 1.82. The number of hydrogen-bond acceptors (Lipinski definition) is 4. The van der Waals surface area contributed by atoms with Crippen molar-refractivity contribution in [1.29, 1.82) is 0 Å². The first kappa shape index (κ1) is 19.1. The van der Waals surface area contributed by atoms with Crippen molar-refractivity contribution in [2.75, 3.05) is 27.4 Å². The highest BCUT2D eigenvalue weighted by atomic mass is 16.5. The molecule has 136 valence electrons. The molecule has 0 radical (unpaired) electrons. The van der Waals surface area contributed by atoms with Crippen LogP contribution in [0, 0.1) is 6.92 Å². The average molecular weight is 343 g/mol. The van der Waals surface area contributed by atoms with Gasteiger partial charge in [0, 0.05) is 5.92 Å².